The molecule has 0 bridgehead atoms. The number of nitrogens with one attached hydrogen (secondary N) is 2. The average molecular weight is 376 g/mol. The molecule has 3 heterocycles. The van der Waals surface area contributed by atoms with Gasteiger partial charge in [-0.25, -0.2) is 9.78 Å². The fraction of sp³-hybridized carbons (Fsp3) is 0.333. The number of hydrogen-bond acceptors (Lipinski definition) is 4. The first-order chi connectivity index (χ1) is 13.8. The first-order valence-electron chi connectivity index (χ1n) is 9.70. The topological polar surface area (TPSA) is 86.8 Å². The number of benzene rings is 1. The van der Waals surface area contributed by atoms with Gasteiger partial charge in [0, 0.05) is 49.4 Å². The average Bonchev–Trinajstić information content (AvgIpc) is 3.25. The molecule has 1 aliphatic rings. The lowest BCUT2D eigenvalue weighted by molar-refractivity contribution is 0.180. The van der Waals surface area contributed by atoms with Gasteiger partial charge in [0.15, 0.2) is 5.82 Å². The monoisotopic (exact) mass is 376 g/mol. The zero-order chi connectivity index (χ0) is 19.2. The van der Waals surface area contributed by atoms with Crippen molar-refractivity contribution in [3.63, 3.8) is 0 Å². The minimum absolute atomic E-state index is 0.00285. The van der Waals surface area contributed by atoms with Crippen molar-refractivity contribution in [1.82, 2.24) is 30.4 Å². The maximum absolute atomic E-state index is 12.4. The van der Waals surface area contributed by atoms with E-state index in [0.717, 1.165) is 55.3 Å². The number of piperidine rings is 1. The van der Waals surface area contributed by atoms with Crippen LogP contribution in [0.25, 0.3) is 11.4 Å². The molecule has 4 rings (SSSR count). The lowest BCUT2D eigenvalue weighted by Gasteiger charge is -2.31. The smallest absolute Gasteiger partial charge is 0.317 e. The van der Waals surface area contributed by atoms with Crippen LogP contribution in [0.1, 0.15) is 30.3 Å². The predicted molar refractivity (Wildman–Crippen MR) is 107 cm³/mol. The molecular weight excluding hydrogens is 352 g/mol. The predicted octanol–water partition coefficient (Wildman–Crippen LogP) is 3.00. The number of rotatable bonds is 5. The van der Waals surface area contributed by atoms with Crippen LogP contribution in [0.2, 0.25) is 0 Å². The third-order valence-corrected chi connectivity index (χ3v) is 5.09. The lowest BCUT2D eigenvalue weighted by atomic mass is 9.96. The van der Waals surface area contributed by atoms with Crippen molar-refractivity contribution in [3.05, 3.63) is 66.2 Å². The maximum atomic E-state index is 12.4. The van der Waals surface area contributed by atoms with Gasteiger partial charge in [0.2, 0.25) is 0 Å². The minimum Gasteiger partial charge on any atom is -0.338 e. The number of nitrogens with zero attached hydrogens (tertiary/aromatic N) is 4. The summed E-state index contributed by atoms with van der Waals surface area (Å²) in [6.07, 6.45) is 4.28. The number of aromatic nitrogens is 4. The Kier molecular flexibility index (Phi) is 5.61. The third-order valence-electron chi connectivity index (χ3n) is 5.09. The number of aromatic amines is 1. The standard InChI is InChI=1S/C21H24N6O/c28-21(23-13-9-18-8-4-5-12-22-18)27-14-10-17(11-15-27)20-24-19(25-26-20)16-6-2-1-3-7-16/h1-8,12,17H,9-11,13-15H2,(H,23,28)(H,24,25,26). The van der Waals surface area contributed by atoms with Crippen molar-refractivity contribution in [3.8, 4) is 11.4 Å². The highest BCUT2D eigenvalue weighted by molar-refractivity contribution is 5.74. The fourth-order valence-corrected chi connectivity index (χ4v) is 3.48. The Labute approximate surface area is 164 Å². The highest BCUT2D eigenvalue weighted by Gasteiger charge is 2.26. The van der Waals surface area contributed by atoms with E-state index in [1.54, 1.807) is 6.20 Å². The molecule has 0 unspecified atom stereocenters. The zero-order valence-corrected chi connectivity index (χ0v) is 15.7. The number of hydrogen-bond donors (Lipinski definition) is 2. The molecule has 2 N–H and O–H groups in total. The number of urea groups is 1. The molecule has 28 heavy (non-hydrogen) atoms. The first-order valence-corrected chi connectivity index (χ1v) is 9.70. The largest absolute Gasteiger partial charge is 0.338 e. The molecule has 0 radical (unpaired) electrons. The molecule has 0 atom stereocenters. The molecule has 0 saturated carbocycles. The Morgan fingerprint density at radius 3 is 2.64 bits per heavy atom. The van der Waals surface area contributed by atoms with Gasteiger partial charge >= 0.3 is 6.03 Å². The van der Waals surface area contributed by atoms with E-state index >= 15 is 0 Å². The molecule has 7 nitrogen and oxygen atoms in total. The van der Waals surface area contributed by atoms with Crippen LogP contribution in [0.15, 0.2) is 54.7 Å². The van der Waals surface area contributed by atoms with E-state index in [1.165, 1.54) is 0 Å². The van der Waals surface area contributed by atoms with Crippen molar-refractivity contribution in [2.24, 2.45) is 0 Å². The van der Waals surface area contributed by atoms with Crippen molar-refractivity contribution in [2.45, 2.75) is 25.2 Å². The van der Waals surface area contributed by atoms with Gasteiger partial charge in [-0.05, 0) is 25.0 Å². The summed E-state index contributed by atoms with van der Waals surface area (Å²) in [5, 5.41) is 10.4. The molecule has 2 amide bonds. The van der Waals surface area contributed by atoms with Gasteiger partial charge in [-0.1, -0.05) is 36.4 Å². The molecular formula is C21H24N6O. The van der Waals surface area contributed by atoms with Crippen molar-refractivity contribution in [1.29, 1.82) is 0 Å². The molecule has 7 heteroatoms. The van der Waals surface area contributed by atoms with Crippen LogP contribution in [-0.4, -0.2) is 50.7 Å². The van der Waals surface area contributed by atoms with E-state index in [-0.39, 0.29) is 6.03 Å². The van der Waals surface area contributed by atoms with E-state index in [2.05, 4.69) is 25.5 Å². The quantitative estimate of drug-likeness (QED) is 0.717. The highest BCUT2D eigenvalue weighted by Crippen LogP contribution is 2.27. The van der Waals surface area contributed by atoms with E-state index in [1.807, 2.05) is 53.4 Å². The van der Waals surface area contributed by atoms with Crippen molar-refractivity contribution in [2.75, 3.05) is 19.6 Å². The van der Waals surface area contributed by atoms with E-state index in [0.29, 0.717) is 12.5 Å². The molecule has 144 valence electrons. The summed E-state index contributed by atoms with van der Waals surface area (Å²) in [5.74, 6) is 1.95. The summed E-state index contributed by atoms with van der Waals surface area (Å²) in [5.41, 5.74) is 2.00. The number of carbonyl (C=O) groups is 1. The second-order valence-corrected chi connectivity index (χ2v) is 6.97. The van der Waals surface area contributed by atoms with Gasteiger partial charge in [-0.3, -0.25) is 10.1 Å². The summed E-state index contributed by atoms with van der Waals surface area (Å²) in [6, 6.07) is 15.8. The van der Waals surface area contributed by atoms with Crippen LogP contribution in [0, 0.1) is 0 Å². The van der Waals surface area contributed by atoms with Crippen LogP contribution < -0.4 is 5.32 Å². The SMILES string of the molecule is O=C(NCCc1ccccn1)N1CCC(c2nc(-c3ccccc3)n[nH]2)CC1. The van der Waals surface area contributed by atoms with Crippen molar-refractivity contribution >= 4 is 6.03 Å². The summed E-state index contributed by atoms with van der Waals surface area (Å²) < 4.78 is 0. The molecule has 1 aliphatic heterocycles. The second-order valence-electron chi connectivity index (χ2n) is 6.97. The van der Waals surface area contributed by atoms with Crippen LogP contribution >= 0.6 is 0 Å². The Hall–Kier alpha value is -3.22. The number of carbonyl (C=O) groups excluding carboxylic acids is 1. The fourth-order valence-electron chi connectivity index (χ4n) is 3.48. The van der Waals surface area contributed by atoms with Crippen LogP contribution in [0.3, 0.4) is 0 Å². The first kappa shape index (κ1) is 18.2. The van der Waals surface area contributed by atoms with Crippen LogP contribution in [-0.2, 0) is 6.42 Å². The number of pyridine rings is 1. The molecule has 1 aromatic carbocycles. The van der Waals surface area contributed by atoms with E-state index in [4.69, 9.17) is 0 Å². The summed E-state index contributed by atoms with van der Waals surface area (Å²) in [7, 11) is 0. The molecule has 0 spiro atoms. The molecule has 2 aromatic heterocycles. The maximum Gasteiger partial charge on any atom is 0.317 e. The number of H-pyrrole nitrogens is 1. The van der Waals surface area contributed by atoms with Gasteiger partial charge in [-0.15, -0.1) is 0 Å². The summed E-state index contributed by atoms with van der Waals surface area (Å²) >= 11 is 0. The van der Waals surface area contributed by atoms with Gasteiger partial charge in [-0.2, -0.15) is 5.10 Å². The van der Waals surface area contributed by atoms with Gasteiger partial charge in [0.25, 0.3) is 0 Å². The van der Waals surface area contributed by atoms with E-state index < -0.39 is 0 Å². The second kappa shape index (κ2) is 8.65. The van der Waals surface area contributed by atoms with Crippen LogP contribution in [0.5, 0.6) is 0 Å². The number of likely N-dealkylation sites (tertiary alicyclic amines) is 1. The normalized spacial score (nSPS) is 14.8. The Morgan fingerprint density at radius 2 is 1.89 bits per heavy atom. The molecule has 3 aromatic rings. The van der Waals surface area contributed by atoms with Crippen molar-refractivity contribution < 1.29 is 4.79 Å². The van der Waals surface area contributed by atoms with E-state index in [9.17, 15) is 4.79 Å². The Morgan fingerprint density at radius 1 is 1.11 bits per heavy atom. The third kappa shape index (κ3) is 4.36. The molecule has 1 saturated heterocycles. The van der Waals surface area contributed by atoms with Gasteiger partial charge < -0.3 is 10.2 Å². The van der Waals surface area contributed by atoms with Gasteiger partial charge in [0.1, 0.15) is 5.82 Å². The zero-order valence-electron chi connectivity index (χ0n) is 15.7. The highest BCUT2D eigenvalue weighted by atomic mass is 16.2. The Balaban J connectivity index is 1.25. The molecule has 1 fully saturated rings. The number of amides is 2. The van der Waals surface area contributed by atoms with Gasteiger partial charge in [0.05, 0.1) is 0 Å². The van der Waals surface area contributed by atoms with Crippen LogP contribution in [0.4, 0.5) is 4.79 Å². The minimum atomic E-state index is -0.00285. The Bertz CT molecular complexity index is 888. The summed E-state index contributed by atoms with van der Waals surface area (Å²) in [4.78, 5) is 23.2. The summed E-state index contributed by atoms with van der Waals surface area (Å²) in [6.45, 7) is 2.04. The lowest BCUT2D eigenvalue weighted by Crippen LogP contribution is -2.44. The molecule has 0 aliphatic carbocycles.